The van der Waals surface area contributed by atoms with Crippen molar-refractivity contribution in [1.82, 2.24) is 10.2 Å². The molecular formula is C13H18N4O2S. The van der Waals surface area contributed by atoms with Crippen molar-refractivity contribution >= 4 is 21.5 Å². The number of nitrogens with two attached hydrogens (primary N) is 1. The Bertz CT molecular complexity index is 763. The van der Waals surface area contributed by atoms with Crippen LogP contribution in [-0.2, 0) is 10.0 Å². The third-order valence-corrected chi connectivity index (χ3v) is 4.82. The summed E-state index contributed by atoms with van der Waals surface area (Å²) < 4.78 is 27.4. The molecule has 0 radical (unpaired) electrons. The van der Waals surface area contributed by atoms with Gasteiger partial charge in [0.1, 0.15) is 0 Å². The number of H-pyrrole nitrogens is 1. The van der Waals surface area contributed by atoms with Crippen LogP contribution in [0.5, 0.6) is 0 Å². The SMILES string of the molecule is Cc1cc(NS(=O)(=O)c2c(C)cc(C)c(N)c2C)n[nH]1. The van der Waals surface area contributed by atoms with Crippen LogP contribution in [0.4, 0.5) is 11.5 Å². The van der Waals surface area contributed by atoms with Crippen molar-refractivity contribution in [3.63, 3.8) is 0 Å². The van der Waals surface area contributed by atoms with Crippen molar-refractivity contribution in [2.24, 2.45) is 0 Å². The highest BCUT2D eigenvalue weighted by atomic mass is 32.2. The molecule has 0 amide bonds. The molecule has 2 aromatic rings. The molecule has 0 bridgehead atoms. The molecule has 6 nitrogen and oxygen atoms in total. The Kier molecular flexibility index (Phi) is 3.47. The number of aromatic amines is 1. The first-order valence-corrected chi connectivity index (χ1v) is 7.62. The highest BCUT2D eigenvalue weighted by molar-refractivity contribution is 7.92. The average Bonchev–Trinajstić information content (AvgIpc) is 2.70. The van der Waals surface area contributed by atoms with E-state index in [1.165, 1.54) is 0 Å². The number of aryl methyl sites for hydroxylation is 3. The Balaban J connectivity index is 2.52. The van der Waals surface area contributed by atoms with Crippen LogP contribution >= 0.6 is 0 Å². The monoisotopic (exact) mass is 294 g/mol. The lowest BCUT2D eigenvalue weighted by atomic mass is 10.1. The Morgan fingerprint density at radius 1 is 1.15 bits per heavy atom. The van der Waals surface area contributed by atoms with Gasteiger partial charge in [0, 0.05) is 17.4 Å². The van der Waals surface area contributed by atoms with E-state index < -0.39 is 10.0 Å². The summed E-state index contributed by atoms with van der Waals surface area (Å²) in [4.78, 5) is 0.209. The lowest BCUT2D eigenvalue weighted by Gasteiger charge is -2.15. The second kappa shape index (κ2) is 4.82. The van der Waals surface area contributed by atoms with Gasteiger partial charge >= 0.3 is 0 Å². The van der Waals surface area contributed by atoms with Crippen LogP contribution in [0.1, 0.15) is 22.4 Å². The van der Waals surface area contributed by atoms with Crippen molar-refractivity contribution in [2.45, 2.75) is 32.6 Å². The Morgan fingerprint density at radius 2 is 1.80 bits per heavy atom. The third-order valence-electron chi connectivity index (χ3n) is 3.17. The number of aromatic nitrogens is 2. The predicted octanol–water partition coefficient (Wildman–Crippen LogP) is 2.03. The minimum absolute atomic E-state index is 0.209. The number of nitrogen functional groups attached to an aromatic ring is 1. The topological polar surface area (TPSA) is 101 Å². The second-order valence-corrected chi connectivity index (χ2v) is 6.54. The number of benzene rings is 1. The van der Waals surface area contributed by atoms with Crippen LogP contribution in [0.2, 0.25) is 0 Å². The van der Waals surface area contributed by atoms with Gasteiger partial charge in [0.15, 0.2) is 5.82 Å². The van der Waals surface area contributed by atoms with Gasteiger partial charge in [0.05, 0.1) is 4.90 Å². The first-order valence-electron chi connectivity index (χ1n) is 6.13. The van der Waals surface area contributed by atoms with Gasteiger partial charge in [-0.15, -0.1) is 0 Å². The van der Waals surface area contributed by atoms with E-state index in [1.54, 1.807) is 32.9 Å². The smallest absolute Gasteiger partial charge is 0.263 e. The van der Waals surface area contributed by atoms with Gasteiger partial charge in [-0.3, -0.25) is 9.82 Å². The molecule has 7 heteroatoms. The highest BCUT2D eigenvalue weighted by Gasteiger charge is 2.22. The molecule has 0 fully saturated rings. The third kappa shape index (κ3) is 2.49. The normalized spacial score (nSPS) is 11.6. The van der Waals surface area contributed by atoms with E-state index in [2.05, 4.69) is 14.9 Å². The fraction of sp³-hybridized carbons (Fsp3) is 0.308. The number of nitrogens with zero attached hydrogens (tertiary/aromatic N) is 1. The number of anilines is 2. The van der Waals surface area contributed by atoms with E-state index in [-0.39, 0.29) is 10.7 Å². The fourth-order valence-corrected chi connectivity index (χ4v) is 3.73. The van der Waals surface area contributed by atoms with Crippen molar-refractivity contribution in [3.05, 3.63) is 34.5 Å². The summed E-state index contributed by atoms with van der Waals surface area (Å²) in [5, 5.41) is 6.57. The van der Waals surface area contributed by atoms with E-state index in [0.29, 0.717) is 16.8 Å². The zero-order valence-electron chi connectivity index (χ0n) is 11.9. The Morgan fingerprint density at radius 3 is 2.35 bits per heavy atom. The number of hydrogen-bond acceptors (Lipinski definition) is 4. The molecule has 108 valence electrons. The molecule has 1 aromatic heterocycles. The maximum Gasteiger partial charge on any atom is 0.263 e. The summed E-state index contributed by atoms with van der Waals surface area (Å²) >= 11 is 0. The van der Waals surface area contributed by atoms with Gasteiger partial charge in [-0.25, -0.2) is 8.42 Å². The summed E-state index contributed by atoms with van der Waals surface area (Å²) in [6, 6.07) is 3.40. The van der Waals surface area contributed by atoms with Crippen LogP contribution in [0, 0.1) is 27.7 Å². The van der Waals surface area contributed by atoms with E-state index in [9.17, 15) is 8.42 Å². The van der Waals surface area contributed by atoms with Crippen molar-refractivity contribution in [2.75, 3.05) is 10.5 Å². The predicted molar refractivity (Wildman–Crippen MR) is 79.2 cm³/mol. The molecule has 0 saturated carbocycles. The number of nitrogens with one attached hydrogen (secondary N) is 2. The molecule has 2 rings (SSSR count). The zero-order chi connectivity index (χ0) is 15.1. The molecule has 1 aromatic carbocycles. The van der Waals surface area contributed by atoms with E-state index >= 15 is 0 Å². The van der Waals surface area contributed by atoms with Gasteiger partial charge in [-0.2, -0.15) is 5.10 Å². The molecule has 1 heterocycles. The molecule has 0 aliphatic carbocycles. The summed E-state index contributed by atoms with van der Waals surface area (Å²) in [6.07, 6.45) is 0. The van der Waals surface area contributed by atoms with Gasteiger partial charge in [-0.05, 0) is 44.4 Å². The maximum atomic E-state index is 12.5. The molecule has 0 saturated heterocycles. The van der Waals surface area contributed by atoms with Crippen LogP contribution in [0.25, 0.3) is 0 Å². The maximum absolute atomic E-state index is 12.5. The second-order valence-electron chi connectivity index (χ2n) is 4.92. The van der Waals surface area contributed by atoms with Gasteiger partial charge in [0.25, 0.3) is 10.0 Å². The molecule has 0 aliphatic rings. The quantitative estimate of drug-likeness (QED) is 0.754. The molecule has 0 aliphatic heterocycles. The van der Waals surface area contributed by atoms with Crippen molar-refractivity contribution in [3.8, 4) is 0 Å². The van der Waals surface area contributed by atoms with Gasteiger partial charge in [-0.1, -0.05) is 6.07 Å². The van der Waals surface area contributed by atoms with Crippen LogP contribution in [0.3, 0.4) is 0 Å². The lowest BCUT2D eigenvalue weighted by molar-refractivity contribution is 0.600. The molecule has 0 unspecified atom stereocenters. The molecule has 0 spiro atoms. The summed E-state index contributed by atoms with van der Waals surface area (Å²) in [5.41, 5.74) is 9.29. The summed E-state index contributed by atoms with van der Waals surface area (Å²) in [5.74, 6) is 0.264. The summed E-state index contributed by atoms with van der Waals surface area (Å²) in [7, 11) is -3.71. The Hall–Kier alpha value is -2.02. The summed E-state index contributed by atoms with van der Waals surface area (Å²) in [6.45, 7) is 7.12. The van der Waals surface area contributed by atoms with E-state index in [1.807, 2.05) is 6.92 Å². The molecule has 4 N–H and O–H groups in total. The minimum atomic E-state index is -3.71. The number of hydrogen-bond donors (Lipinski definition) is 3. The lowest BCUT2D eigenvalue weighted by Crippen LogP contribution is -2.17. The first kappa shape index (κ1) is 14.4. The van der Waals surface area contributed by atoms with Crippen molar-refractivity contribution in [1.29, 1.82) is 0 Å². The molecule has 20 heavy (non-hydrogen) atoms. The Labute approximate surface area is 118 Å². The largest absolute Gasteiger partial charge is 0.398 e. The minimum Gasteiger partial charge on any atom is -0.398 e. The molecular weight excluding hydrogens is 276 g/mol. The molecule has 0 atom stereocenters. The van der Waals surface area contributed by atoms with Gasteiger partial charge < -0.3 is 5.73 Å². The first-order chi connectivity index (χ1) is 9.22. The van der Waals surface area contributed by atoms with Gasteiger partial charge in [0.2, 0.25) is 0 Å². The fourth-order valence-electron chi connectivity index (χ4n) is 2.25. The average molecular weight is 294 g/mol. The van der Waals surface area contributed by atoms with E-state index in [0.717, 1.165) is 11.3 Å². The highest BCUT2D eigenvalue weighted by Crippen LogP contribution is 2.29. The van der Waals surface area contributed by atoms with Crippen LogP contribution in [0.15, 0.2) is 17.0 Å². The number of rotatable bonds is 3. The number of sulfonamides is 1. The van der Waals surface area contributed by atoms with Crippen molar-refractivity contribution < 1.29 is 8.42 Å². The standard InChI is InChI=1S/C13H18N4O2S/c1-7-5-8(2)13(10(4)12(7)14)20(18,19)17-11-6-9(3)15-16-11/h5-6H,14H2,1-4H3,(H2,15,16,17). The van der Waals surface area contributed by atoms with E-state index in [4.69, 9.17) is 5.73 Å². The van der Waals surface area contributed by atoms with Crippen LogP contribution in [-0.4, -0.2) is 18.6 Å². The van der Waals surface area contributed by atoms with Crippen LogP contribution < -0.4 is 10.5 Å². The zero-order valence-corrected chi connectivity index (χ0v) is 12.7.